The van der Waals surface area contributed by atoms with Crippen LogP contribution in [0.1, 0.15) is 30.7 Å². The second kappa shape index (κ2) is 7.81. The van der Waals surface area contributed by atoms with Gasteiger partial charge in [-0.1, -0.05) is 0 Å². The molecule has 0 aliphatic carbocycles. The molecule has 1 fully saturated rings. The average molecular weight is 368 g/mol. The summed E-state index contributed by atoms with van der Waals surface area (Å²) in [5, 5.41) is 24.7. The van der Waals surface area contributed by atoms with Gasteiger partial charge in [-0.25, -0.2) is 0 Å². The highest BCUT2D eigenvalue weighted by molar-refractivity contribution is 5.79. The van der Waals surface area contributed by atoms with Gasteiger partial charge in [0.1, 0.15) is 16.8 Å². The van der Waals surface area contributed by atoms with Gasteiger partial charge in [-0.2, -0.15) is 5.10 Å². The smallest absolute Gasteiger partial charge is 0.313 e. The van der Waals surface area contributed by atoms with Crippen LogP contribution >= 0.6 is 0 Å². The molecule has 1 unspecified atom stereocenters. The van der Waals surface area contributed by atoms with E-state index in [2.05, 4.69) is 5.10 Å². The van der Waals surface area contributed by atoms with Gasteiger partial charge in [0, 0.05) is 26.6 Å². The van der Waals surface area contributed by atoms with Crippen LogP contribution in [-0.4, -0.2) is 63.4 Å². The number of carbonyl (C=O) groups is 2. The van der Waals surface area contributed by atoms with Crippen LogP contribution in [0.5, 0.6) is 0 Å². The minimum atomic E-state index is -1.08. The van der Waals surface area contributed by atoms with Crippen LogP contribution < -0.4 is 0 Å². The lowest BCUT2D eigenvalue weighted by Gasteiger charge is -2.39. The maximum absolute atomic E-state index is 12.5. The van der Waals surface area contributed by atoms with Crippen molar-refractivity contribution in [2.75, 3.05) is 26.8 Å². The summed E-state index contributed by atoms with van der Waals surface area (Å²) in [7, 11) is 1.45. The Bertz CT molecular complexity index is 712. The molecule has 1 amide bonds. The van der Waals surface area contributed by atoms with Crippen LogP contribution in [-0.2, 0) is 20.9 Å². The summed E-state index contributed by atoms with van der Waals surface area (Å²) >= 11 is 0. The van der Waals surface area contributed by atoms with Crippen molar-refractivity contribution >= 4 is 17.6 Å². The minimum absolute atomic E-state index is 0.0413. The molecule has 1 aliphatic rings. The number of aliphatic carboxylic acids is 1. The highest BCUT2D eigenvalue weighted by Crippen LogP contribution is 2.31. The molecule has 1 N–H and O–H groups in total. The van der Waals surface area contributed by atoms with Crippen LogP contribution in [0, 0.1) is 29.4 Å². The Labute approximate surface area is 150 Å². The van der Waals surface area contributed by atoms with Gasteiger partial charge >= 0.3 is 11.7 Å². The number of rotatable bonds is 7. The molecule has 1 saturated heterocycles. The number of nitro groups is 1. The predicted molar refractivity (Wildman–Crippen MR) is 90.7 cm³/mol. The molecule has 10 nitrogen and oxygen atoms in total. The first-order valence-corrected chi connectivity index (χ1v) is 8.40. The topological polar surface area (TPSA) is 128 Å². The van der Waals surface area contributed by atoms with Crippen LogP contribution in [0.4, 0.5) is 5.69 Å². The number of nitrogens with zero attached hydrogens (tertiary/aromatic N) is 4. The molecule has 0 saturated carbocycles. The number of carbonyl (C=O) groups excluding carboxylic acids is 1. The Morgan fingerprint density at radius 1 is 1.42 bits per heavy atom. The van der Waals surface area contributed by atoms with Crippen molar-refractivity contribution in [2.24, 2.45) is 5.41 Å². The number of hydrogen-bond acceptors (Lipinski definition) is 6. The lowest BCUT2D eigenvalue weighted by molar-refractivity contribution is -0.386. The molecule has 0 spiro atoms. The predicted octanol–water partition coefficient (Wildman–Crippen LogP) is 1.14. The van der Waals surface area contributed by atoms with Crippen molar-refractivity contribution < 1.29 is 24.4 Å². The van der Waals surface area contributed by atoms with E-state index in [9.17, 15) is 24.8 Å². The second-order valence-electron chi connectivity index (χ2n) is 6.69. The zero-order valence-electron chi connectivity index (χ0n) is 15.2. The van der Waals surface area contributed by atoms with Gasteiger partial charge < -0.3 is 14.7 Å². The van der Waals surface area contributed by atoms with Gasteiger partial charge in [-0.15, -0.1) is 0 Å². The quantitative estimate of drug-likeness (QED) is 0.564. The van der Waals surface area contributed by atoms with E-state index in [1.165, 1.54) is 16.7 Å². The molecule has 1 atom stereocenters. The molecule has 10 heteroatoms. The van der Waals surface area contributed by atoms with E-state index in [-0.39, 0.29) is 37.7 Å². The monoisotopic (exact) mass is 368 g/mol. The molecular formula is C16H24N4O6. The number of ether oxygens (including phenoxy) is 1. The third-order valence-electron chi connectivity index (χ3n) is 4.87. The first kappa shape index (κ1) is 19.8. The van der Waals surface area contributed by atoms with Crippen molar-refractivity contribution in [3.8, 4) is 0 Å². The van der Waals surface area contributed by atoms with Gasteiger partial charge in [-0.3, -0.25) is 24.4 Å². The van der Waals surface area contributed by atoms with E-state index in [1.807, 2.05) is 0 Å². The molecule has 1 aliphatic heterocycles. The van der Waals surface area contributed by atoms with Crippen molar-refractivity contribution in [1.29, 1.82) is 0 Å². The van der Waals surface area contributed by atoms with E-state index in [4.69, 9.17) is 4.74 Å². The molecular weight excluding hydrogens is 344 g/mol. The Hall–Kier alpha value is -2.49. The summed E-state index contributed by atoms with van der Waals surface area (Å²) in [5.41, 5.74) is -0.416. The molecule has 0 radical (unpaired) electrons. The summed E-state index contributed by atoms with van der Waals surface area (Å²) in [6.45, 7) is 4.01. The molecule has 0 bridgehead atoms. The summed E-state index contributed by atoms with van der Waals surface area (Å²) in [6.07, 6.45) is 1.15. The zero-order valence-corrected chi connectivity index (χ0v) is 15.2. The highest BCUT2D eigenvalue weighted by Gasteiger charge is 2.43. The Balaban J connectivity index is 2.05. The number of likely N-dealkylation sites (tertiary alicyclic amines) is 1. The first-order valence-electron chi connectivity index (χ1n) is 8.40. The SMILES string of the molecule is COCC1(C(=O)O)CCCN(C(=O)CCn2nc(C)c([N+](=O)[O-])c2C)C1. The van der Waals surface area contributed by atoms with Crippen molar-refractivity contribution in [2.45, 2.75) is 39.7 Å². The third kappa shape index (κ3) is 3.85. The minimum Gasteiger partial charge on any atom is -0.481 e. The molecule has 144 valence electrons. The normalized spacial score (nSPS) is 20.2. The summed E-state index contributed by atoms with van der Waals surface area (Å²) in [6, 6.07) is 0. The fourth-order valence-electron chi connectivity index (χ4n) is 3.50. The van der Waals surface area contributed by atoms with Crippen molar-refractivity contribution in [1.82, 2.24) is 14.7 Å². The lowest BCUT2D eigenvalue weighted by atomic mass is 9.80. The number of hydrogen-bond donors (Lipinski definition) is 1. The van der Waals surface area contributed by atoms with Gasteiger partial charge in [0.25, 0.3) is 0 Å². The summed E-state index contributed by atoms with van der Waals surface area (Å²) in [4.78, 5) is 36.3. The van der Waals surface area contributed by atoms with Crippen molar-refractivity contribution in [3.63, 3.8) is 0 Å². The van der Waals surface area contributed by atoms with Crippen LogP contribution in [0.2, 0.25) is 0 Å². The zero-order chi connectivity index (χ0) is 19.5. The highest BCUT2D eigenvalue weighted by atomic mass is 16.6. The van der Waals surface area contributed by atoms with Crippen LogP contribution in [0.15, 0.2) is 0 Å². The standard InChI is InChI=1S/C16H24N4O6/c1-11-14(20(24)25)12(2)19(17-11)8-5-13(21)18-7-4-6-16(9-18,10-26-3)15(22)23/h4-10H2,1-3H3,(H,22,23). The fourth-order valence-corrected chi connectivity index (χ4v) is 3.50. The largest absolute Gasteiger partial charge is 0.481 e. The summed E-state index contributed by atoms with van der Waals surface area (Å²) in [5.74, 6) is -1.16. The molecule has 2 rings (SSSR count). The molecule has 2 heterocycles. The number of methoxy groups -OCH3 is 1. The lowest BCUT2D eigenvalue weighted by Crippen LogP contribution is -2.52. The van der Waals surface area contributed by atoms with Gasteiger partial charge in [0.2, 0.25) is 5.91 Å². The first-order chi connectivity index (χ1) is 12.2. The van der Waals surface area contributed by atoms with Crippen molar-refractivity contribution in [3.05, 3.63) is 21.5 Å². The van der Waals surface area contributed by atoms with Crippen LogP contribution in [0.25, 0.3) is 0 Å². The van der Waals surface area contributed by atoms with Gasteiger partial charge in [0.05, 0.1) is 18.1 Å². The fraction of sp³-hybridized carbons (Fsp3) is 0.688. The summed E-state index contributed by atoms with van der Waals surface area (Å²) < 4.78 is 6.51. The Morgan fingerprint density at radius 3 is 2.65 bits per heavy atom. The van der Waals surface area contributed by atoms with Gasteiger partial charge in [0.15, 0.2) is 0 Å². The van der Waals surface area contributed by atoms with E-state index < -0.39 is 16.3 Å². The molecule has 0 aromatic carbocycles. The number of carboxylic acids is 1. The third-order valence-corrected chi connectivity index (χ3v) is 4.87. The van der Waals surface area contributed by atoms with Crippen LogP contribution in [0.3, 0.4) is 0 Å². The maximum Gasteiger partial charge on any atom is 0.313 e. The molecule has 1 aromatic heterocycles. The number of piperidine rings is 1. The number of amides is 1. The number of aryl methyl sites for hydroxylation is 2. The molecule has 26 heavy (non-hydrogen) atoms. The van der Waals surface area contributed by atoms with E-state index >= 15 is 0 Å². The number of carboxylic acid groups (broad SMARTS) is 1. The van der Waals surface area contributed by atoms with E-state index in [1.54, 1.807) is 13.8 Å². The van der Waals surface area contributed by atoms with E-state index in [0.29, 0.717) is 30.8 Å². The maximum atomic E-state index is 12.5. The second-order valence-corrected chi connectivity index (χ2v) is 6.69. The van der Waals surface area contributed by atoms with Gasteiger partial charge in [-0.05, 0) is 26.7 Å². The Kier molecular flexibility index (Phi) is 5.96. The molecule has 1 aromatic rings. The number of aromatic nitrogens is 2. The Morgan fingerprint density at radius 2 is 2.12 bits per heavy atom. The average Bonchev–Trinajstić information content (AvgIpc) is 2.86. The van der Waals surface area contributed by atoms with E-state index in [0.717, 1.165) is 0 Å².